The molecule has 2 N–H and O–H groups in total. The second-order valence-electron chi connectivity index (χ2n) is 7.62. The summed E-state index contributed by atoms with van der Waals surface area (Å²) >= 11 is 0. The zero-order valence-corrected chi connectivity index (χ0v) is 18.2. The van der Waals surface area contributed by atoms with Gasteiger partial charge in [-0.15, -0.1) is 0 Å². The third-order valence-electron chi connectivity index (χ3n) is 4.96. The SMILES string of the molecule is O=C(OC(C(=O)NC1CC1)c1ccc(F)cc1)c1cccc(NS(=O)(=O)c2ccccc2)c1. The van der Waals surface area contributed by atoms with Crippen LogP contribution >= 0.6 is 0 Å². The van der Waals surface area contributed by atoms with Gasteiger partial charge < -0.3 is 10.1 Å². The van der Waals surface area contributed by atoms with Gasteiger partial charge in [0, 0.05) is 17.3 Å². The van der Waals surface area contributed by atoms with Crippen molar-refractivity contribution in [2.45, 2.75) is 29.9 Å². The number of esters is 1. The molecule has 1 saturated carbocycles. The first kappa shape index (κ1) is 22.5. The largest absolute Gasteiger partial charge is 0.444 e. The molecule has 0 bridgehead atoms. The number of benzene rings is 3. The fourth-order valence-corrected chi connectivity index (χ4v) is 4.18. The fourth-order valence-electron chi connectivity index (χ4n) is 3.11. The van der Waals surface area contributed by atoms with E-state index >= 15 is 0 Å². The summed E-state index contributed by atoms with van der Waals surface area (Å²) in [5.74, 6) is -1.81. The molecule has 3 aromatic rings. The molecule has 0 saturated heterocycles. The summed E-state index contributed by atoms with van der Waals surface area (Å²) in [6, 6.07) is 18.7. The molecule has 0 radical (unpaired) electrons. The first-order valence-electron chi connectivity index (χ1n) is 10.3. The Balaban J connectivity index is 1.53. The summed E-state index contributed by atoms with van der Waals surface area (Å²) in [6.45, 7) is 0. The zero-order chi connectivity index (χ0) is 23.4. The van der Waals surface area contributed by atoms with Crippen LogP contribution in [0.2, 0.25) is 0 Å². The molecule has 9 heteroatoms. The Hall–Kier alpha value is -3.72. The molecular formula is C24H21FN2O5S. The van der Waals surface area contributed by atoms with Crippen LogP contribution in [0.4, 0.5) is 10.1 Å². The van der Waals surface area contributed by atoms with E-state index in [2.05, 4.69) is 10.0 Å². The molecule has 0 heterocycles. The van der Waals surface area contributed by atoms with Gasteiger partial charge >= 0.3 is 5.97 Å². The van der Waals surface area contributed by atoms with Gasteiger partial charge in [0.05, 0.1) is 10.5 Å². The van der Waals surface area contributed by atoms with Crippen molar-refractivity contribution in [1.82, 2.24) is 5.32 Å². The lowest BCUT2D eigenvalue weighted by Crippen LogP contribution is -2.33. The van der Waals surface area contributed by atoms with Crippen LogP contribution in [0.5, 0.6) is 0 Å². The van der Waals surface area contributed by atoms with E-state index in [4.69, 9.17) is 4.74 Å². The van der Waals surface area contributed by atoms with Crippen LogP contribution in [-0.4, -0.2) is 26.3 Å². The van der Waals surface area contributed by atoms with Crippen molar-refractivity contribution in [2.24, 2.45) is 0 Å². The first-order chi connectivity index (χ1) is 15.8. The van der Waals surface area contributed by atoms with Gasteiger partial charge in [-0.25, -0.2) is 17.6 Å². The van der Waals surface area contributed by atoms with Crippen LogP contribution in [0, 0.1) is 5.82 Å². The zero-order valence-electron chi connectivity index (χ0n) is 17.4. The number of sulfonamides is 1. The van der Waals surface area contributed by atoms with Crippen molar-refractivity contribution in [1.29, 1.82) is 0 Å². The molecule has 170 valence electrons. The highest BCUT2D eigenvalue weighted by Gasteiger charge is 2.31. The van der Waals surface area contributed by atoms with Crippen molar-refractivity contribution in [3.8, 4) is 0 Å². The van der Waals surface area contributed by atoms with Crippen molar-refractivity contribution in [2.75, 3.05) is 4.72 Å². The molecule has 33 heavy (non-hydrogen) atoms. The number of anilines is 1. The summed E-state index contributed by atoms with van der Waals surface area (Å²) in [6.07, 6.45) is 0.419. The number of amides is 1. The van der Waals surface area contributed by atoms with Crippen molar-refractivity contribution < 1.29 is 27.1 Å². The van der Waals surface area contributed by atoms with E-state index in [-0.39, 0.29) is 22.2 Å². The van der Waals surface area contributed by atoms with Crippen molar-refractivity contribution in [3.63, 3.8) is 0 Å². The van der Waals surface area contributed by atoms with Crippen LogP contribution in [0.1, 0.15) is 34.9 Å². The number of carbonyl (C=O) groups is 2. The Bertz CT molecular complexity index is 1260. The number of rotatable bonds is 8. The van der Waals surface area contributed by atoms with Crippen LogP contribution in [0.15, 0.2) is 83.8 Å². The molecule has 0 aromatic heterocycles. The Kier molecular flexibility index (Phi) is 6.41. The second-order valence-corrected chi connectivity index (χ2v) is 9.30. The summed E-state index contributed by atoms with van der Waals surface area (Å²) in [5, 5.41) is 2.78. The maximum atomic E-state index is 13.3. The van der Waals surface area contributed by atoms with Crippen LogP contribution < -0.4 is 10.0 Å². The molecule has 1 aliphatic rings. The molecule has 3 aromatic carbocycles. The van der Waals surface area contributed by atoms with Gasteiger partial charge in [0.25, 0.3) is 15.9 Å². The third kappa shape index (κ3) is 5.75. The molecule has 1 amide bonds. The van der Waals surface area contributed by atoms with E-state index in [9.17, 15) is 22.4 Å². The van der Waals surface area contributed by atoms with Gasteiger partial charge in [-0.3, -0.25) is 9.52 Å². The molecule has 0 aliphatic heterocycles. The van der Waals surface area contributed by atoms with E-state index in [1.807, 2.05) is 0 Å². The summed E-state index contributed by atoms with van der Waals surface area (Å²) < 4.78 is 46.4. The van der Waals surface area contributed by atoms with Crippen molar-refractivity contribution in [3.05, 3.63) is 95.8 Å². The lowest BCUT2D eigenvalue weighted by molar-refractivity contribution is -0.130. The number of ether oxygens (including phenoxy) is 1. The van der Waals surface area contributed by atoms with Crippen molar-refractivity contribution >= 4 is 27.6 Å². The van der Waals surface area contributed by atoms with E-state index in [0.29, 0.717) is 5.56 Å². The molecule has 1 fully saturated rings. The average molecular weight is 469 g/mol. The molecule has 7 nitrogen and oxygen atoms in total. The minimum absolute atomic E-state index is 0.0369. The summed E-state index contributed by atoms with van der Waals surface area (Å²) in [7, 11) is -3.85. The third-order valence-corrected chi connectivity index (χ3v) is 6.36. The predicted octanol–water partition coefficient (Wildman–Crippen LogP) is 3.80. The maximum absolute atomic E-state index is 13.3. The van der Waals surface area contributed by atoms with Gasteiger partial charge in [-0.2, -0.15) is 0 Å². The van der Waals surface area contributed by atoms with Gasteiger partial charge in [-0.05, 0) is 55.3 Å². The second kappa shape index (κ2) is 9.41. The number of hydrogen-bond donors (Lipinski definition) is 2. The standard InChI is InChI=1S/C24H21FN2O5S/c25-18-11-9-16(10-12-18)22(23(28)26-19-13-14-19)32-24(29)17-5-4-6-20(15-17)27-33(30,31)21-7-2-1-3-8-21/h1-12,15,19,22,27H,13-14H2,(H,26,28). The number of carbonyl (C=O) groups excluding carboxylic acids is 2. The Morgan fingerprint density at radius 3 is 2.30 bits per heavy atom. The normalized spacial score (nSPS) is 14.2. The lowest BCUT2D eigenvalue weighted by Gasteiger charge is -2.18. The van der Waals surface area contributed by atoms with Gasteiger partial charge in [-0.1, -0.05) is 36.4 Å². The van der Waals surface area contributed by atoms with E-state index in [1.54, 1.807) is 18.2 Å². The summed E-state index contributed by atoms with van der Waals surface area (Å²) in [5.41, 5.74) is 0.535. The lowest BCUT2D eigenvalue weighted by atomic mass is 10.1. The Labute approximate surface area is 190 Å². The van der Waals surface area contributed by atoms with Gasteiger partial charge in [0.15, 0.2) is 0 Å². The predicted molar refractivity (Wildman–Crippen MR) is 119 cm³/mol. The number of hydrogen-bond acceptors (Lipinski definition) is 5. The van der Waals surface area contributed by atoms with Crippen LogP contribution in [-0.2, 0) is 19.6 Å². The Morgan fingerprint density at radius 1 is 0.939 bits per heavy atom. The first-order valence-corrected chi connectivity index (χ1v) is 11.7. The average Bonchev–Trinajstić information content (AvgIpc) is 3.62. The molecule has 1 aliphatic carbocycles. The molecule has 0 spiro atoms. The van der Waals surface area contributed by atoms with E-state index < -0.39 is 33.8 Å². The topological polar surface area (TPSA) is 102 Å². The summed E-state index contributed by atoms with van der Waals surface area (Å²) in [4.78, 5) is 25.6. The highest BCUT2D eigenvalue weighted by molar-refractivity contribution is 7.92. The molecule has 4 rings (SSSR count). The molecular weight excluding hydrogens is 447 g/mol. The highest BCUT2D eigenvalue weighted by atomic mass is 32.2. The van der Waals surface area contributed by atoms with Crippen LogP contribution in [0.25, 0.3) is 0 Å². The highest BCUT2D eigenvalue weighted by Crippen LogP contribution is 2.25. The quantitative estimate of drug-likeness (QED) is 0.490. The van der Waals surface area contributed by atoms with E-state index in [0.717, 1.165) is 12.8 Å². The smallest absolute Gasteiger partial charge is 0.339 e. The number of nitrogens with one attached hydrogen (secondary N) is 2. The minimum Gasteiger partial charge on any atom is -0.444 e. The van der Waals surface area contributed by atoms with Gasteiger partial charge in [0.2, 0.25) is 6.10 Å². The van der Waals surface area contributed by atoms with E-state index in [1.165, 1.54) is 60.7 Å². The minimum atomic E-state index is -3.85. The number of halogens is 1. The monoisotopic (exact) mass is 468 g/mol. The van der Waals surface area contributed by atoms with Crippen LogP contribution in [0.3, 0.4) is 0 Å². The van der Waals surface area contributed by atoms with Gasteiger partial charge in [0.1, 0.15) is 5.82 Å². The molecule has 1 unspecified atom stereocenters. The molecule has 1 atom stereocenters. The maximum Gasteiger partial charge on any atom is 0.339 e. The fraction of sp³-hybridized carbons (Fsp3) is 0.167. The Morgan fingerprint density at radius 2 is 1.64 bits per heavy atom.